The first-order chi connectivity index (χ1) is 24.5. The van der Waals surface area contributed by atoms with Crippen molar-refractivity contribution in [2.45, 2.75) is 122 Å². The molecular formula is C43H51N7O. The van der Waals surface area contributed by atoms with Gasteiger partial charge in [-0.05, 0) is 94.8 Å². The molecule has 0 radical (unpaired) electrons. The number of rotatable bonds is 6. The van der Waals surface area contributed by atoms with Gasteiger partial charge in [-0.15, -0.1) is 0 Å². The van der Waals surface area contributed by atoms with Gasteiger partial charge in [0.2, 0.25) is 0 Å². The number of benzene rings is 4. The van der Waals surface area contributed by atoms with Crippen LogP contribution in [-0.4, -0.2) is 33.2 Å². The highest BCUT2D eigenvalue weighted by Gasteiger charge is 2.54. The van der Waals surface area contributed by atoms with Crippen molar-refractivity contribution in [3.05, 3.63) is 136 Å². The first-order valence-electron chi connectivity index (χ1n) is 18.6. The second kappa shape index (κ2) is 12.6. The SMILES string of the molecule is CC(C)OC1Cc2ccccc2C2C(N=NN2C(C)(C)C(C)(C)N2Cc3ccccc3C3C(N=NN3C(C)C)c3ccccc32)c2ccccc21. The highest BCUT2D eigenvalue weighted by molar-refractivity contribution is 5.61. The van der Waals surface area contributed by atoms with Crippen molar-refractivity contribution in [2.24, 2.45) is 20.7 Å². The lowest BCUT2D eigenvalue weighted by Crippen LogP contribution is -2.65. The van der Waals surface area contributed by atoms with Crippen LogP contribution >= 0.6 is 0 Å². The Kier molecular flexibility index (Phi) is 8.29. The van der Waals surface area contributed by atoms with Crippen molar-refractivity contribution in [1.82, 2.24) is 10.0 Å². The van der Waals surface area contributed by atoms with E-state index >= 15 is 0 Å². The topological polar surface area (TPSA) is 68.4 Å². The van der Waals surface area contributed by atoms with E-state index in [1.165, 1.54) is 44.6 Å². The highest BCUT2D eigenvalue weighted by atomic mass is 16.5. The molecule has 0 amide bonds. The van der Waals surface area contributed by atoms with Gasteiger partial charge in [-0.2, -0.15) is 10.2 Å². The van der Waals surface area contributed by atoms with Crippen molar-refractivity contribution in [1.29, 1.82) is 0 Å². The minimum absolute atomic E-state index is 0.0451. The first kappa shape index (κ1) is 33.6. The van der Waals surface area contributed by atoms with Crippen LogP contribution in [0.5, 0.6) is 0 Å². The quantitative estimate of drug-likeness (QED) is 0.203. The fourth-order valence-corrected chi connectivity index (χ4v) is 8.86. The molecule has 1 aliphatic carbocycles. The third kappa shape index (κ3) is 5.36. The summed E-state index contributed by atoms with van der Waals surface area (Å²) < 4.78 is 6.61. The smallest absolute Gasteiger partial charge is 0.126 e. The Labute approximate surface area is 303 Å². The van der Waals surface area contributed by atoms with Crippen LogP contribution in [0.25, 0.3) is 0 Å². The zero-order chi connectivity index (χ0) is 35.7. The summed E-state index contributed by atoms with van der Waals surface area (Å²) in [6, 6.07) is 35.2. The van der Waals surface area contributed by atoms with E-state index < -0.39 is 11.1 Å². The summed E-state index contributed by atoms with van der Waals surface area (Å²) in [5.41, 5.74) is 9.01. The van der Waals surface area contributed by atoms with Crippen LogP contribution in [0.1, 0.15) is 125 Å². The molecule has 0 bridgehead atoms. The van der Waals surface area contributed by atoms with Gasteiger partial charge in [-0.3, -0.25) is 10.0 Å². The summed E-state index contributed by atoms with van der Waals surface area (Å²) in [6.45, 7) is 18.8. The molecule has 3 aliphatic heterocycles. The zero-order valence-corrected chi connectivity index (χ0v) is 31.2. The minimum Gasteiger partial charge on any atom is -0.371 e. The predicted octanol–water partition coefficient (Wildman–Crippen LogP) is 10.6. The van der Waals surface area contributed by atoms with E-state index in [0.717, 1.165) is 13.0 Å². The summed E-state index contributed by atoms with van der Waals surface area (Å²) in [5, 5.41) is 24.6. The number of anilines is 1. The van der Waals surface area contributed by atoms with E-state index in [2.05, 4.69) is 167 Å². The van der Waals surface area contributed by atoms with Crippen molar-refractivity contribution in [2.75, 3.05) is 4.90 Å². The molecule has 8 nitrogen and oxygen atoms in total. The average molecular weight is 682 g/mol. The summed E-state index contributed by atoms with van der Waals surface area (Å²) in [4.78, 5) is 2.60. The van der Waals surface area contributed by atoms with Gasteiger partial charge in [-0.1, -0.05) is 101 Å². The van der Waals surface area contributed by atoms with Gasteiger partial charge in [0.25, 0.3) is 0 Å². The van der Waals surface area contributed by atoms with Crippen molar-refractivity contribution in [3.8, 4) is 0 Å². The van der Waals surface area contributed by atoms with Crippen LogP contribution in [-0.2, 0) is 17.7 Å². The van der Waals surface area contributed by atoms with Gasteiger partial charge >= 0.3 is 0 Å². The van der Waals surface area contributed by atoms with Crippen LogP contribution < -0.4 is 4.90 Å². The normalized spacial score (nSPS) is 23.9. The lowest BCUT2D eigenvalue weighted by molar-refractivity contribution is 0.00191. The molecule has 4 aliphatic rings. The molecule has 4 aromatic rings. The third-order valence-corrected chi connectivity index (χ3v) is 12.1. The number of para-hydroxylation sites is 1. The van der Waals surface area contributed by atoms with E-state index in [-0.39, 0.29) is 42.4 Å². The molecule has 0 saturated heterocycles. The number of hydrogen-bond acceptors (Lipinski definition) is 8. The molecule has 0 spiro atoms. The van der Waals surface area contributed by atoms with Crippen LogP contribution in [0, 0.1) is 0 Å². The first-order valence-corrected chi connectivity index (χ1v) is 18.6. The lowest BCUT2D eigenvalue weighted by atomic mass is 9.75. The van der Waals surface area contributed by atoms with Gasteiger partial charge in [0.05, 0.1) is 23.3 Å². The largest absolute Gasteiger partial charge is 0.371 e. The van der Waals surface area contributed by atoms with E-state index in [1.807, 2.05) is 0 Å². The van der Waals surface area contributed by atoms with Crippen molar-refractivity contribution < 1.29 is 4.74 Å². The van der Waals surface area contributed by atoms with Gasteiger partial charge in [0.15, 0.2) is 0 Å². The average Bonchev–Trinajstić information content (AvgIpc) is 3.75. The number of hydrogen-bond donors (Lipinski definition) is 0. The standard InChI is InChI=1S/C43H51N7O/c1-27(2)49-40-32-20-12-10-18-30(32)26-48(36-24-16-15-23-35(36)39(40)44-46-49)42(5,6)43(7,8)50-41-31-19-11-9-17-29(31)25-37(51-28(3)4)33-21-13-14-22-34(33)38(41)45-47-50/h9-24,27-28,37-41H,25-26H2,1-8H3. The molecule has 51 heavy (non-hydrogen) atoms. The Morgan fingerprint density at radius 3 is 1.84 bits per heavy atom. The molecule has 0 saturated carbocycles. The predicted molar refractivity (Wildman–Crippen MR) is 202 cm³/mol. The Balaban J connectivity index is 1.25. The monoisotopic (exact) mass is 681 g/mol. The van der Waals surface area contributed by atoms with Crippen LogP contribution in [0.3, 0.4) is 0 Å². The molecule has 5 atom stereocenters. The Bertz CT molecular complexity index is 1980. The maximum Gasteiger partial charge on any atom is 0.126 e. The maximum atomic E-state index is 6.61. The molecule has 0 aromatic heterocycles. The number of nitrogens with zero attached hydrogens (tertiary/aromatic N) is 7. The summed E-state index contributed by atoms with van der Waals surface area (Å²) in [5.74, 6) is 0. The molecule has 8 heteroatoms. The second-order valence-electron chi connectivity index (χ2n) is 16.2. The number of ether oxygens (including phenoxy) is 1. The molecule has 0 N–H and O–H groups in total. The summed E-state index contributed by atoms with van der Waals surface area (Å²) >= 11 is 0. The summed E-state index contributed by atoms with van der Waals surface area (Å²) in [7, 11) is 0. The van der Waals surface area contributed by atoms with Gasteiger partial charge in [-0.25, -0.2) is 0 Å². The fraction of sp³-hybridized carbons (Fsp3) is 0.442. The lowest BCUT2D eigenvalue weighted by Gasteiger charge is -2.55. The van der Waals surface area contributed by atoms with Crippen LogP contribution in [0.2, 0.25) is 0 Å². The molecule has 264 valence electrons. The van der Waals surface area contributed by atoms with Gasteiger partial charge in [0.1, 0.15) is 24.2 Å². The summed E-state index contributed by atoms with van der Waals surface area (Å²) in [6.07, 6.45) is 0.845. The van der Waals surface area contributed by atoms with Gasteiger partial charge in [0, 0.05) is 30.3 Å². The molecule has 5 unspecified atom stereocenters. The molecule has 4 aromatic carbocycles. The van der Waals surface area contributed by atoms with Gasteiger partial charge < -0.3 is 9.64 Å². The molecule has 3 heterocycles. The Morgan fingerprint density at radius 2 is 1.16 bits per heavy atom. The number of fused-ring (bicyclic) bond motifs is 10. The maximum absolute atomic E-state index is 6.61. The Hall–Kier alpha value is -4.56. The van der Waals surface area contributed by atoms with E-state index in [4.69, 9.17) is 25.4 Å². The fourth-order valence-electron chi connectivity index (χ4n) is 8.86. The van der Waals surface area contributed by atoms with E-state index in [9.17, 15) is 0 Å². The van der Waals surface area contributed by atoms with Crippen molar-refractivity contribution in [3.63, 3.8) is 0 Å². The Morgan fingerprint density at radius 1 is 0.608 bits per heavy atom. The molecule has 0 fully saturated rings. The molecular weight excluding hydrogens is 631 g/mol. The zero-order valence-electron chi connectivity index (χ0n) is 31.2. The minimum atomic E-state index is -0.493. The van der Waals surface area contributed by atoms with Crippen LogP contribution in [0.4, 0.5) is 5.69 Å². The van der Waals surface area contributed by atoms with E-state index in [1.54, 1.807) is 0 Å². The molecule has 8 rings (SSSR count). The van der Waals surface area contributed by atoms with Crippen molar-refractivity contribution >= 4 is 5.69 Å². The highest BCUT2D eigenvalue weighted by Crippen LogP contribution is 2.55. The van der Waals surface area contributed by atoms with E-state index in [0.29, 0.717) is 0 Å². The second-order valence-corrected chi connectivity index (χ2v) is 16.2. The van der Waals surface area contributed by atoms with Crippen LogP contribution in [0.15, 0.2) is 118 Å². The third-order valence-electron chi connectivity index (χ3n) is 12.1.